The third kappa shape index (κ3) is 2.66. The highest BCUT2D eigenvalue weighted by Crippen LogP contribution is 2.26. The van der Waals surface area contributed by atoms with Crippen LogP contribution in [-0.2, 0) is 6.54 Å². The first-order valence-electron chi connectivity index (χ1n) is 5.74. The Morgan fingerprint density at radius 3 is 2.41 bits per heavy atom. The Morgan fingerprint density at radius 2 is 1.76 bits per heavy atom. The van der Waals surface area contributed by atoms with Crippen molar-refractivity contribution in [2.24, 2.45) is 5.73 Å². The van der Waals surface area contributed by atoms with Gasteiger partial charge in [-0.15, -0.1) is 0 Å². The Bertz CT molecular complexity index is 520. The maximum atomic E-state index is 5.85. The molecule has 0 unspecified atom stereocenters. The Morgan fingerprint density at radius 1 is 1.00 bits per heavy atom. The van der Waals surface area contributed by atoms with E-state index in [2.05, 4.69) is 0 Å². The zero-order valence-corrected chi connectivity index (χ0v) is 10.2. The minimum Gasteiger partial charge on any atom is -0.457 e. The van der Waals surface area contributed by atoms with Gasteiger partial charge in [0.05, 0.1) is 0 Å². The van der Waals surface area contributed by atoms with E-state index in [-0.39, 0.29) is 0 Å². The molecule has 88 valence electrons. The maximum absolute atomic E-state index is 5.85. The highest BCUT2D eigenvalue weighted by Gasteiger charge is 2.02. The second-order valence-electron chi connectivity index (χ2n) is 4.16. The van der Waals surface area contributed by atoms with E-state index in [0.29, 0.717) is 6.54 Å². The number of hydrogen-bond donors (Lipinski definition) is 1. The van der Waals surface area contributed by atoms with Crippen molar-refractivity contribution in [3.05, 3.63) is 59.2 Å². The maximum Gasteiger partial charge on any atom is 0.130 e. The summed E-state index contributed by atoms with van der Waals surface area (Å²) in [5.74, 6) is 1.75. The minimum atomic E-state index is 0.566. The van der Waals surface area contributed by atoms with E-state index in [1.807, 2.05) is 56.3 Å². The van der Waals surface area contributed by atoms with Crippen molar-refractivity contribution >= 4 is 0 Å². The molecule has 0 spiro atoms. The molecule has 0 fully saturated rings. The van der Waals surface area contributed by atoms with Crippen LogP contribution in [0.1, 0.15) is 16.7 Å². The Balaban J connectivity index is 2.25. The fourth-order valence-electron chi connectivity index (χ4n) is 1.76. The van der Waals surface area contributed by atoms with Crippen LogP contribution in [0.2, 0.25) is 0 Å². The molecule has 0 atom stereocenters. The summed E-state index contributed by atoms with van der Waals surface area (Å²) in [7, 11) is 0. The summed E-state index contributed by atoms with van der Waals surface area (Å²) in [5, 5.41) is 0. The van der Waals surface area contributed by atoms with Crippen molar-refractivity contribution < 1.29 is 4.74 Å². The van der Waals surface area contributed by atoms with Gasteiger partial charge in [-0.1, -0.05) is 24.3 Å². The van der Waals surface area contributed by atoms with Crippen molar-refractivity contribution in [3.8, 4) is 11.5 Å². The zero-order valence-electron chi connectivity index (χ0n) is 10.2. The molecule has 2 nitrogen and oxygen atoms in total. The van der Waals surface area contributed by atoms with E-state index >= 15 is 0 Å². The molecule has 0 saturated heterocycles. The second-order valence-corrected chi connectivity index (χ2v) is 4.16. The summed E-state index contributed by atoms with van der Waals surface area (Å²) in [5.41, 5.74) is 9.09. The van der Waals surface area contributed by atoms with Gasteiger partial charge in [-0.3, -0.25) is 0 Å². The van der Waals surface area contributed by atoms with E-state index in [1.165, 1.54) is 5.56 Å². The van der Waals surface area contributed by atoms with Crippen molar-refractivity contribution in [2.45, 2.75) is 20.4 Å². The molecule has 17 heavy (non-hydrogen) atoms. The van der Waals surface area contributed by atoms with E-state index in [0.717, 1.165) is 22.6 Å². The molecule has 2 aromatic rings. The molecular formula is C15H17NO. The lowest BCUT2D eigenvalue weighted by molar-refractivity contribution is 0.478. The first kappa shape index (κ1) is 11.7. The largest absolute Gasteiger partial charge is 0.457 e. The standard InChI is InChI=1S/C15H17NO/c1-11-5-3-4-6-15(11)17-14-8-7-13(10-16)12(2)9-14/h3-9H,10,16H2,1-2H3. The van der Waals surface area contributed by atoms with Crippen LogP contribution < -0.4 is 10.5 Å². The lowest BCUT2D eigenvalue weighted by atomic mass is 10.1. The van der Waals surface area contributed by atoms with Crippen molar-refractivity contribution in [1.82, 2.24) is 0 Å². The summed E-state index contributed by atoms with van der Waals surface area (Å²) in [6.07, 6.45) is 0. The molecule has 2 N–H and O–H groups in total. The van der Waals surface area contributed by atoms with E-state index in [4.69, 9.17) is 10.5 Å². The van der Waals surface area contributed by atoms with Crippen LogP contribution >= 0.6 is 0 Å². The van der Waals surface area contributed by atoms with Crippen molar-refractivity contribution in [2.75, 3.05) is 0 Å². The molecule has 0 radical (unpaired) electrons. The topological polar surface area (TPSA) is 35.2 Å². The van der Waals surface area contributed by atoms with Gasteiger partial charge in [-0.2, -0.15) is 0 Å². The molecule has 0 amide bonds. The summed E-state index contributed by atoms with van der Waals surface area (Å²) < 4.78 is 5.85. The van der Waals surface area contributed by atoms with Gasteiger partial charge in [0.2, 0.25) is 0 Å². The SMILES string of the molecule is Cc1cc(Oc2ccccc2C)ccc1CN. The summed E-state index contributed by atoms with van der Waals surface area (Å²) in [4.78, 5) is 0. The van der Waals surface area contributed by atoms with Gasteiger partial charge in [0, 0.05) is 6.54 Å². The molecule has 0 aromatic heterocycles. The molecule has 0 bridgehead atoms. The first-order valence-corrected chi connectivity index (χ1v) is 5.74. The number of para-hydroxylation sites is 1. The molecule has 2 rings (SSSR count). The van der Waals surface area contributed by atoms with E-state index < -0.39 is 0 Å². The Kier molecular flexibility index (Phi) is 3.45. The Hall–Kier alpha value is -1.80. The fourth-order valence-corrected chi connectivity index (χ4v) is 1.76. The van der Waals surface area contributed by atoms with Gasteiger partial charge in [-0.05, 0) is 48.7 Å². The molecule has 0 aliphatic rings. The average molecular weight is 227 g/mol. The summed E-state index contributed by atoms with van der Waals surface area (Å²) >= 11 is 0. The predicted octanol–water partition coefficient (Wildman–Crippen LogP) is 3.55. The molecule has 0 saturated carbocycles. The molecule has 0 aliphatic heterocycles. The van der Waals surface area contributed by atoms with Crippen molar-refractivity contribution in [1.29, 1.82) is 0 Å². The molecular weight excluding hydrogens is 210 g/mol. The number of benzene rings is 2. The predicted molar refractivity (Wildman–Crippen MR) is 70.3 cm³/mol. The van der Waals surface area contributed by atoms with Gasteiger partial charge in [0.25, 0.3) is 0 Å². The Labute approximate surface area is 102 Å². The molecule has 0 aliphatic carbocycles. The van der Waals surface area contributed by atoms with Gasteiger partial charge in [0.15, 0.2) is 0 Å². The van der Waals surface area contributed by atoms with Crippen LogP contribution in [0.4, 0.5) is 0 Å². The highest BCUT2D eigenvalue weighted by molar-refractivity contribution is 5.40. The summed E-state index contributed by atoms with van der Waals surface area (Å²) in [6.45, 7) is 4.65. The highest BCUT2D eigenvalue weighted by atomic mass is 16.5. The first-order chi connectivity index (χ1) is 8.20. The number of hydrogen-bond acceptors (Lipinski definition) is 2. The van der Waals surface area contributed by atoms with Gasteiger partial charge in [-0.25, -0.2) is 0 Å². The number of rotatable bonds is 3. The minimum absolute atomic E-state index is 0.566. The van der Waals surface area contributed by atoms with Crippen molar-refractivity contribution in [3.63, 3.8) is 0 Å². The average Bonchev–Trinajstić information content (AvgIpc) is 2.32. The van der Waals surface area contributed by atoms with Crippen LogP contribution in [-0.4, -0.2) is 0 Å². The number of ether oxygens (including phenoxy) is 1. The van der Waals surface area contributed by atoms with Crippen LogP contribution in [0.25, 0.3) is 0 Å². The number of nitrogens with two attached hydrogens (primary N) is 1. The normalized spacial score (nSPS) is 10.3. The van der Waals surface area contributed by atoms with E-state index in [1.54, 1.807) is 0 Å². The summed E-state index contributed by atoms with van der Waals surface area (Å²) in [6, 6.07) is 14.0. The fraction of sp³-hybridized carbons (Fsp3) is 0.200. The molecule has 2 aromatic carbocycles. The van der Waals surface area contributed by atoms with Crippen LogP contribution in [0.3, 0.4) is 0 Å². The third-order valence-corrected chi connectivity index (χ3v) is 2.86. The van der Waals surface area contributed by atoms with E-state index in [9.17, 15) is 0 Å². The smallest absolute Gasteiger partial charge is 0.130 e. The van der Waals surface area contributed by atoms with Crippen LogP contribution in [0, 0.1) is 13.8 Å². The molecule has 0 heterocycles. The van der Waals surface area contributed by atoms with Gasteiger partial charge >= 0.3 is 0 Å². The molecule has 2 heteroatoms. The lowest BCUT2D eigenvalue weighted by Crippen LogP contribution is -1.99. The van der Waals surface area contributed by atoms with Crippen LogP contribution in [0.5, 0.6) is 11.5 Å². The number of aryl methyl sites for hydroxylation is 2. The second kappa shape index (κ2) is 5.02. The van der Waals surface area contributed by atoms with Gasteiger partial charge in [0.1, 0.15) is 11.5 Å². The van der Waals surface area contributed by atoms with Gasteiger partial charge < -0.3 is 10.5 Å². The quantitative estimate of drug-likeness (QED) is 0.870. The zero-order chi connectivity index (χ0) is 12.3. The van der Waals surface area contributed by atoms with Crippen LogP contribution in [0.15, 0.2) is 42.5 Å². The third-order valence-electron chi connectivity index (χ3n) is 2.86. The monoisotopic (exact) mass is 227 g/mol. The lowest BCUT2D eigenvalue weighted by Gasteiger charge is -2.10.